The number of benzene rings is 1. The Kier molecular flexibility index (Phi) is 3.33. The highest BCUT2D eigenvalue weighted by Crippen LogP contribution is 2.37. The Hall–Kier alpha value is -2.08. The van der Waals surface area contributed by atoms with E-state index in [1.807, 2.05) is 12.1 Å². The van der Waals surface area contributed by atoms with Gasteiger partial charge in [-0.15, -0.1) is 0 Å². The van der Waals surface area contributed by atoms with Crippen molar-refractivity contribution >= 4 is 23.4 Å². The van der Waals surface area contributed by atoms with E-state index in [4.69, 9.17) is 10.5 Å². The molecule has 2 aliphatic rings. The Bertz CT molecular complexity index is 612. The van der Waals surface area contributed by atoms with Crippen molar-refractivity contribution in [2.45, 2.75) is 32.3 Å². The van der Waals surface area contributed by atoms with E-state index >= 15 is 0 Å². The first kappa shape index (κ1) is 13.9. The molecule has 3 rings (SSSR count). The minimum absolute atomic E-state index is 0.0133. The smallest absolute Gasteiger partial charge is 0.414 e. The van der Waals surface area contributed by atoms with Crippen LogP contribution < -0.4 is 16.0 Å². The standard InChI is InChI=1S/C15H19N3O3/c1-8(2)11-3-9-4-14(19)17-12(9)5-13(11)18-7-10(6-16)21-15(18)20/h3,5,8,10H,4,6-7,16H2,1-2H3,(H,17,19)/t10-/m1/s1. The number of hydrogen-bond acceptors (Lipinski definition) is 4. The molecule has 1 saturated heterocycles. The van der Waals surface area contributed by atoms with E-state index in [9.17, 15) is 9.59 Å². The van der Waals surface area contributed by atoms with Crippen LogP contribution in [0.25, 0.3) is 0 Å². The lowest BCUT2D eigenvalue weighted by Gasteiger charge is -2.21. The fraction of sp³-hybridized carbons (Fsp3) is 0.467. The number of amides is 2. The summed E-state index contributed by atoms with van der Waals surface area (Å²) in [7, 11) is 0. The molecule has 112 valence electrons. The van der Waals surface area contributed by atoms with Crippen molar-refractivity contribution in [1.82, 2.24) is 0 Å². The predicted molar refractivity (Wildman–Crippen MR) is 79.5 cm³/mol. The van der Waals surface area contributed by atoms with Gasteiger partial charge in [0.25, 0.3) is 0 Å². The number of carbonyl (C=O) groups excluding carboxylic acids is 2. The van der Waals surface area contributed by atoms with Gasteiger partial charge in [-0.1, -0.05) is 19.9 Å². The number of ether oxygens (including phenoxy) is 1. The maximum atomic E-state index is 12.0. The van der Waals surface area contributed by atoms with Crippen molar-refractivity contribution in [3.63, 3.8) is 0 Å². The molecule has 1 fully saturated rings. The molecule has 3 N–H and O–H groups in total. The summed E-state index contributed by atoms with van der Waals surface area (Å²) in [6, 6.07) is 3.88. The van der Waals surface area contributed by atoms with E-state index in [0.717, 1.165) is 22.5 Å². The maximum Gasteiger partial charge on any atom is 0.414 e. The molecular formula is C15H19N3O3. The lowest BCUT2D eigenvalue weighted by Crippen LogP contribution is -2.28. The molecule has 0 radical (unpaired) electrons. The third-order valence-corrected chi connectivity index (χ3v) is 3.93. The second kappa shape index (κ2) is 5.04. The number of nitrogens with zero attached hydrogens (tertiary/aromatic N) is 1. The number of nitrogens with one attached hydrogen (secondary N) is 1. The van der Waals surface area contributed by atoms with Gasteiger partial charge in [0.15, 0.2) is 0 Å². The number of nitrogens with two attached hydrogens (primary N) is 1. The first-order valence-electron chi connectivity index (χ1n) is 7.14. The summed E-state index contributed by atoms with van der Waals surface area (Å²) < 4.78 is 5.23. The van der Waals surface area contributed by atoms with E-state index in [0.29, 0.717) is 19.5 Å². The molecule has 0 aromatic heterocycles. The van der Waals surface area contributed by atoms with Gasteiger partial charge in [0.1, 0.15) is 6.10 Å². The number of fused-ring (bicyclic) bond motifs is 1. The SMILES string of the molecule is CC(C)c1cc2c(cc1N1C[C@@H](CN)OC1=O)NC(=O)C2. The molecule has 0 bridgehead atoms. The number of anilines is 2. The molecule has 1 aromatic rings. The number of cyclic esters (lactones) is 1. The zero-order valence-electron chi connectivity index (χ0n) is 12.2. The molecule has 6 heteroatoms. The van der Waals surface area contributed by atoms with Crippen LogP contribution in [0.5, 0.6) is 0 Å². The van der Waals surface area contributed by atoms with Crippen molar-refractivity contribution in [2.75, 3.05) is 23.3 Å². The Morgan fingerprint density at radius 1 is 1.43 bits per heavy atom. The lowest BCUT2D eigenvalue weighted by molar-refractivity contribution is -0.115. The largest absolute Gasteiger partial charge is 0.443 e. The third kappa shape index (κ3) is 2.35. The minimum Gasteiger partial charge on any atom is -0.443 e. The molecule has 0 spiro atoms. The quantitative estimate of drug-likeness (QED) is 0.885. The molecule has 1 atom stereocenters. The number of rotatable bonds is 3. The van der Waals surface area contributed by atoms with Gasteiger partial charge in [0.2, 0.25) is 5.91 Å². The highest BCUT2D eigenvalue weighted by molar-refractivity contribution is 6.01. The van der Waals surface area contributed by atoms with E-state index in [-0.39, 0.29) is 24.0 Å². The molecule has 2 heterocycles. The summed E-state index contributed by atoms with van der Waals surface area (Å²) in [5.41, 5.74) is 9.18. The second-order valence-electron chi connectivity index (χ2n) is 5.80. The summed E-state index contributed by atoms with van der Waals surface area (Å²) in [6.07, 6.45) is -0.262. The molecule has 2 amide bonds. The van der Waals surface area contributed by atoms with Crippen molar-refractivity contribution in [3.05, 3.63) is 23.3 Å². The van der Waals surface area contributed by atoms with E-state index < -0.39 is 0 Å². The van der Waals surface area contributed by atoms with E-state index in [1.165, 1.54) is 0 Å². The van der Waals surface area contributed by atoms with Gasteiger partial charge in [-0.25, -0.2) is 4.79 Å². The average Bonchev–Trinajstić information content (AvgIpc) is 2.98. The zero-order chi connectivity index (χ0) is 15.1. The van der Waals surface area contributed by atoms with Crippen LogP contribution in [0.3, 0.4) is 0 Å². The van der Waals surface area contributed by atoms with Crippen LogP contribution in [0, 0.1) is 0 Å². The molecule has 0 aliphatic carbocycles. The Balaban J connectivity index is 2.03. The normalized spacial score (nSPS) is 20.8. The van der Waals surface area contributed by atoms with Gasteiger partial charge in [-0.05, 0) is 23.1 Å². The van der Waals surface area contributed by atoms with Gasteiger partial charge in [0.05, 0.1) is 18.7 Å². The van der Waals surface area contributed by atoms with E-state index in [1.54, 1.807) is 4.90 Å². The Morgan fingerprint density at radius 2 is 2.19 bits per heavy atom. The lowest BCUT2D eigenvalue weighted by atomic mass is 9.96. The zero-order valence-corrected chi connectivity index (χ0v) is 12.2. The van der Waals surface area contributed by atoms with Gasteiger partial charge in [-0.2, -0.15) is 0 Å². The van der Waals surface area contributed by atoms with Gasteiger partial charge >= 0.3 is 6.09 Å². The fourth-order valence-electron chi connectivity index (χ4n) is 2.82. The highest BCUT2D eigenvalue weighted by Gasteiger charge is 2.34. The van der Waals surface area contributed by atoms with Crippen LogP contribution in [0.2, 0.25) is 0 Å². The monoisotopic (exact) mass is 289 g/mol. The summed E-state index contributed by atoms with van der Waals surface area (Å²) in [6.45, 7) is 4.89. The van der Waals surface area contributed by atoms with Gasteiger partial charge in [-0.3, -0.25) is 9.69 Å². The molecular weight excluding hydrogens is 270 g/mol. The fourth-order valence-corrected chi connectivity index (χ4v) is 2.82. The summed E-state index contributed by atoms with van der Waals surface area (Å²) in [5.74, 6) is 0.228. The maximum absolute atomic E-state index is 12.0. The first-order chi connectivity index (χ1) is 9.99. The average molecular weight is 289 g/mol. The van der Waals surface area contributed by atoms with Crippen molar-refractivity contribution < 1.29 is 14.3 Å². The molecule has 2 aliphatic heterocycles. The van der Waals surface area contributed by atoms with Crippen LogP contribution in [0.4, 0.5) is 16.2 Å². The molecule has 1 aromatic carbocycles. The predicted octanol–water partition coefficient (Wildman–Crippen LogP) is 1.59. The third-order valence-electron chi connectivity index (χ3n) is 3.93. The van der Waals surface area contributed by atoms with Crippen molar-refractivity contribution in [1.29, 1.82) is 0 Å². The van der Waals surface area contributed by atoms with Crippen LogP contribution in [0.15, 0.2) is 12.1 Å². The van der Waals surface area contributed by atoms with Crippen LogP contribution in [-0.4, -0.2) is 31.2 Å². The summed E-state index contributed by atoms with van der Waals surface area (Å²) in [5, 5.41) is 2.83. The highest BCUT2D eigenvalue weighted by atomic mass is 16.6. The van der Waals surface area contributed by atoms with Gasteiger partial charge in [0, 0.05) is 12.2 Å². The molecule has 0 saturated carbocycles. The van der Waals surface area contributed by atoms with Crippen molar-refractivity contribution in [3.8, 4) is 0 Å². The number of carbonyl (C=O) groups is 2. The Morgan fingerprint density at radius 3 is 2.81 bits per heavy atom. The van der Waals surface area contributed by atoms with Gasteiger partial charge < -0.3 is 15.8 Å². The molecule has 6 nitrogen and oxygen atoms in total. The van der Waals surface area contributed by atoms with Crippen LogP contribution in [0.1, 0.15) is 30.9 Å². The molecule has 21 heavy (non-hydrogen) atoms. The van der Waals surface area contributed by atoms with Crippen LogP contribution in [-0.2, 0) is 16.0 Å². The summed E-state index contributed by atoms with van der Waals surface area (Å²) in [4.78, 5) is 25.2. The second-order valence-corrected chi connectivity index (χ2v) is 5.80. The van der Waals surface area contributed by atoms with Crippen molar-refractivity contribution in [2.24, 2.45) is 5.73 Å². The summed E-state index contributed by atoms with van der Waals surface area (Å²) >= 11 is 0. The topological polar surface area (TPSA) is 84.7 Å². The Labute approximate surface area is 123 Å². The number of hydrogen-bond donors (Lipinski definition) is 2. The minimum atomic E-state index is -0.378. The van der Waals surface area contributed by atoms with E-state index in [2.05, 4.69) is 19.2 Å². The first-order valence-corrected chi connectivity index (χ1v) is 7.14. The van der Waals surface area contributed by atoms with Crippen LogP contribution >= 0.6 is 0 Å². The molecule has 0 unspecified atom stereocenters.